The van der Waals surface area contributed by atoms with Gasteiger partial charge in [-0.1, -0.05) is 56.3 Å². The minimum absolute atomic E-state index is 0.0356. The van der Waals surface area contributed by atoms with E-state index in [1.54, 1.807) is 30.3 Å². The number of non-ortho nitro benzene ring substituents is 1. The van der Waals surface area contributed by atoms with Crippen LogP contribution in [-0.2, 0) is 11.3 Å². The lowest BCUT2D eigenvalue weighted by molar-refractivity contribution is -0.384. The predicted molar refractivity (Wildman–Crippen MR) is 134 cm³/mol. The van der Waals surface area contributed by atoms with Crippen LogP contribution in [0.3, 0.4) is 0 Å². The fraction of sp³-hybridized carbons (Fsp3) is 0.185. The topological polar surface area (TPSA) is 111 Å². The van der Waals surface area contributed by atoms with Crippen molar-refractivity contribution in [3.05, 3.63) is 111 Å². The molecule has 3 aromatic rings. The second-order valence-corrected chi connectivity index (χ2v) is 8.26. The molecule has 2 N–H and O–H groups in total. The van der Waals surface area contributed by atoms with Crippen LogP contribution < -0.4 is 15.4 Å². The van der Waals surface area contributed by atoms with Gasteiger partial charge in [0.15, 0.2) is 0 Å². The van der Waals surface area contributed by atoms with Gasteiger partial charge in [-0.2, -0.15) is 0 Å². The fourth-order valence-electron chi connectivity index (χ4n) is 3.09. The van der Waals surface area contributed by atoms with Gasteiger partial charge in [-0.3, -0.25) is 19.7 Å². The zero-order chi connectivity index (χ0) is 25.2. The molecule has 0 radical (unpaired) electrons. The van der Waals surface area contributed by atoms with Gasteiger partial charge in [0.05, 0.1) is 11.5 Å². The first-order valence-electron chi connectivity index (χ1n) is 11.1. The molecule has 180 valence electrons. The summed E-state index contributed by atoms with van der Waals surface area (Å²) in [5.41, 5.74) is 1.47. The third kappa shape index (κ3) is 7.82. The number of amides is 2. The number of hydrogen-bond acceptors (Lipinski definition) is 5. The number of nitrogens with one attached hydrogen (secondary N) is 2. The van der Waals surface area contributed by atoms with E-state index in [9.17, 15) is 19.7 Å². The minimum Gasteiger partial charge on any atom is -0.493 e. The summed E-state index contributed by atoms with van der Waals surface area (Å²) in [4.78, 5) is 36.5. The van der Waals surface area contributed by atoms with Crippen molar-refractivity contribution < 1.29 is 19.2 Å². The van der Waals surface area contributed by atoms with Crippen LogP contribution in [0.5, 0.6) is 5.75 Å². The summed E-state index contributed by atoms with van der Waals surface area (Å²) >= 11 is 0. The zero-order valence-corrected chi connectivity index (χ0v) is 19.6. The average molecular weight is 474 g/mol. The Labute approximate surface area is 203 Å². The summed E-state index contributed by atoms with van der Waals surface area (Å²) in [6, 6.07) is 21.7. The molecule has 0 aromatic heterocycles. The van der Waals surface area contributed by atoms with Crippen molar-refractivity contribution in [2.45, 2.75) is 20.4 Å². The number of nitro benzene ring substituents is 1. The fourth-order valence-corrected chi connectivity index (χ4v) is 3.09. The summed E-state index contributed by atoms with van der Waals surface area (Å²) in [5, 5.41) is 16.5. The molecule has 2 amide bonds. The minimum atomic E-state index is -0.523. The first kappa shape index (κ1) is 25.2. The number of rotatable bonds is 10. The Balaban J connectivity index is 1.80. The number of ether oxygens (including phenoxy) is 1. The first-order valence-corrected chi connectivity index (χ1v) is 11.1. The van der Waals surface area contributed by atoms with Crippen LogP contribution in [0, 0.1) is 16.0 Å². The molecule has 8 heteroatoms. The molecule has 0 atom stereocenters. The molecular weight excluding hydrogens is 446 g/mol. The maximum absolute atomic E-state index is 13.0. The molecule has 0 saturated heterocycles. The molecule has 0 aliphatic heterocycles. The predicted octanol–water partition coefficient (Wildman–Crippen LogP) is 4.72. The van der Waals surface area contributed by atoms with Crippen LogP contribution in [0.4, 0.5) is 5.69 Å². The van der Waals surface area contributed by atoms with Gasteiger partial charge in [-0.05, 0) is 47.4 Å². The third-order valence-electron chi connectivity index (χ3n) is 4.88. The highest BCUT2D eigenvalue weighted by Crippen LogP contribution is 2.17. The number of nitro groups is 1. The summed E-state index contributed by atoms with van der Waals surface area (Å²) in [6.07, 6.45) is 1.41. The number of hydrogen-bond donors (Lipinski definition) is 2. The van der Waals surface area contributed by atoms with Crippen molar-refractivity contribution in [3.63, 3.8) is 0 Å². The van der Waals surface area contributed by atoms with Crippen molar-refractivity contribution in [2.75, 3.05) is 6.61 Å². The van der Waals surface area contributed by atoms with Crippen LogP contribution in [0.15, 0.2) is 84.6 Å². The summed E-state index contributed by atoms with van der Waals surface area (Å²) in [7, 11) is 0. The van der Waals surface area contributed by atoms with Gasteiger partial charge >= 0.3 is 0 Å². The smallest absolute Gasteiger partial charge is 0.270 e. The highest BCUT2D eigenvalue weighted by molar-refractivity contribution is 6.05. The van der Waals surface area contributed by atoms with Crippen LogP contribution in [0.1, 0.15) is 35.3 Å². The Morgan fingerprint density at radius 2 is 1.71 bits per heavy atom. The van der Waals surface area contributed by atoms with E-state index in [0.717, 1.165) is 5.56 Å². The van der Waals surface area contributed by atoms with Crippen molar-refractivity contribution >= 4 is 23.6 Å². The quantitative estimate of drug-likeness (QED) is 0.252. The number of carbonyl (C=O) groups is 2. The van der Waals surface area contributed by atoms with Crippen molar-refractivity contribution in [1.82, 2.24) is 10.6 Å². The van der Waals surface area contributed by atoms with E-state index in [1.165, 1.54) is 24.3 Å². The highest BCUT2D eigenvalue weighted by Gasteiger charge is 2.16. The average Bonchev–Trinajstić information content (AvgIpc) is 2.86. The second kappa shape index (κ2) is 12.1. The number of benzene rings is 3. The monoisotopic (exact) mass is 473 g/mol. The molecule has 0 saturated carbocycles. The molecule has 0 aliphatic carbocycles. The standard InChI is InChI=1S/C27H27N3O5/c1-19(2)18-35-24-13-11-22(12-14-24)26(31)29-25(16-21-9-6-10-23(15-21)30(33)34)27(32)28-17-20-7-4-3-5-8-20/h3-16,19H,17-18H2,1-2H3,(H,28,32)(H,29,31)/b25-16-. The maximum atomic E-state index is 13.0. The molecule has 0 fully saturated rings. The largest absolute Gasteiger partial charge is 0.493 e. The molecule has 3 rings (SSSR count). The van der Waals surface area contributed by atoms with E-state index in [2.05, 4.69) is 10.6 Å². The van der Waals surface area contributed by atoms with Crippen LogP contribution in [0.25, 0.3) is 6.08 Å². The summed E-state index contributed by atoms with van der Waals surface area (Å²) < 4.78 is 5.64. The van der Waals surface area contributed by atoms with Crippen LogP contribution in [-0.4, -0.2) is 23.3 Å². The highest BCUT2D eigenvalue weighted by atomic mass is 16.6. The normalized spacial score (nSPS) is 11.1. The maximum Gasteiger partial charge on any atom is 0.270 e. The van der Waals surface area contributed by atoms with E-state index in [1.807, 2.05) is 44.2 Å². The Kier molecular flexibility index (Phi) is 8.72. The van der Waals surface area contributed by atoms with Crippen molar-refractivity contribution in [1.29, 1.82) is 0 Å². The van der Waals surface area contributed by atoms with Gasteiger partial charge in [0, 0.05) is 24.2 Å². The van der Waals surface area contributed by atoms with Crippen LogP contribution in [0.2, 0.25) is 0 Å². The van der Waals surface area contributed by atoms with Gasteiger partial charge in [0.2, 0.25) is 0 Å². The molecule has 0 aliphatic rings. The first-order chi connectivity index (χ1) is 16.8. The lowest BCUT2D eigenvalue weighted by Crippen LogP contribution is -2.34. The Bertz CT molecular complexity index is 1210. The van der Waals surface area contributed by atoms with Crippen LogP contribution >= 0.6 is 0 Å². The Morgan fingerprint density at radius 1 is 1.00 bits per heavy atom. The van der Waals surface area contributed by atoms with Gasteiger partial charge in [0.25, 0.3) is 17.5 Å². The molecule has 0 heterocycles. The molecule has 0 unspecified atom stereocenters. The lowest BCUT2D eigenvalue weighted by atomic mass is 10.1. The van der Waals surface area contributed by atoms with E-state index in [0.29, 0.717) is 29.4 Å². The van der Waals surface area contributed by atoms with Gasteiger partial charge in [-0.15, -0.1) is 0 Å². The van der Waals surface area contributed by atoms with E-state index >= 15 is 0 Å². The van der Waals surface area contributed by atoms with Crippen molar-refractivity contribution in [3.8, 4) is 5.75 Å². The van der Waals surface area contributed by atoms with Gasteiger partial charge in [0.1, 0.15) is 11.4 Å². The van der Waals surface area contributed by atoms with E-state index < -0.39 is 16.7 Å². The molecule has 8 nitrogen and oxygen atoms in total. The van der Waals surface area contributed by atoms with E-state index in [4.69, 9.17) is 4.74 Å². The molecule has 0 bridgehead atoms. The van der Waals surface area contributed by atoms with E-state index in [-0.39, 0.29) is 17.9 Å². The second-order valence-electron chi connectivity index (χ2n) is 8.26. The number of nitrogens with zero attached hydrogens (tertiary/aromatic N) is 1. The zero-order valence-electron chi connectivity index (χ0n) is 19.6. The summed E-state index contributed by atoms with van der Waals surface area (Å²) in [5.74, 6) is -0.00496. The molecule has 0 spiro atoms. The Hall–Kier alpha value is -4.46. The SMILES string of the molecule is CC(C)COc1ccc(C(=O)N/C(=C\c2cccc([N+](=O)[O-])c2)C(=O)NCc2ccccc2)cc1. The molecule has 3 aromatic carbocycles. The van der Waals surface area contributed by atoms with Gasteiger partial charge < -0.3 is 15.4 Å². The Morgan fingerprint density at radius 3 is 2.37 bits per heavy atom. The number of carbonyl (C=O) groups excluding carboxylic acids is 2. The molecular formula is C27H27N3O5. The third-order valence-corrected chi connectivity index (χ3v) is 4.88. The summed E-state index contributed by atoms with van der Waals surface area (Å²) in [6.45, 7) is 4.90. The van der Waals surface area contributed by atoms with Crippen molar-refractivity contribution in [2.24, 2.45) is 5.92 Å². The lowest BCUT2D eigenvalue weighted by Gasteiger charge is -2.12. The van der Waals surface area contributed by atoms with Gasteiger partial charge in [-0.25, -0.2) is 0 Å². The molecule has 35 heavy (non-hydrogen) atoms.